The number of carbonyl (C=O) groups is 1. The first-order valence-corrected chi connectivity index (χ1v) is 6.17. The van der Waals surface area contributed by atoms with Crippen LogP contribution >= 0.6 is 11.6 Å². The Morgan fingerprint density at radius 3 is 2.53 bits per heavy atom. The third-order valence-corrected chi connectivity index (χ3v) is 2.39. The number of hydrogen-bond acceptors (Lipinski definition) is 3. The van der Waals surface area contributed by atoms with Crippen LogP contribution in [0, 0.1) is 0 Å². The van der Waals surface area contributed by atoms with Crippen molar-refractivity contribution in [3.05, 3.63) is 23.2 Å². The summed E-state index contributed by atoms with van der Waals surface area (Å²) in [5, 5.41) is 2.61. The molecule has 0 bridgehead atoms. The lowest BCUT2D eigenvalue weighted by Crippen LogP contribution is -2.10. The van der Waals surface area contributed by atoms with Gasteiger partial charge in [-0.25, -0.2) is 8.42 Å². The number of benzene rings is 1. The summed E-state index contributed by atoms with van der Waals surface area (Å²) in [6.45, 7) is 0. The second kappa shape index (κ2) is 4.50. The molecule has 0 saturated carbocycles. The van der Waals surface area contributed by atoms with Gasteiger partial charge in [0.15, 0.2) is 0 Å². The third kappa shape index (κ3) is 3.77. The van der Waals surface area contributed by atoms with Crippen LogP contribution in [0.3, 0.4) is 0 Å². The number of hydrogen-bond donors (Lipinski definition) is 2. The van der Waals surface area contributed by atoms with E-state index in [1.54, 1.807) is 0 Å². The Morgan fingerprint density at radius 2 is 2.07 bits per heavy atom. The predicted molar refractivity (Wildman–Crippen MR) is 59.6 cm³/mol. The molecule has 1 aromatic rings. The highest BCUT2D eigenvalue weighted by atomic mass is 35.5. The fraction of sp³-hybridized carbons (Fsp3) is 0.125. The Balaban J connectivity index is 2.98. The summed E-state index contributed by atoms with van der Waals surface area (Å²) in [7, 11) is -3.35. The molecular formula is C8H9ClN2O3S. The molecule has 0 aliphatic heterocycles. The molecule has 0 aromatic heterocycles. The van der Waals surface area contributed by atoms with Gasteiger partial charge in [-0.2, -0.15) is 0 Å². The standard InChI is InChI=1S/C8H9ClN2O3S/c1-15(13,14)11-8-3-2-6(10-5-12)4-7(8)9/h2-5,11H,1H3,(H,10,12). The van der Waals surface area contributed by atoms with Crippen LogP contribution in [0.25, 0.3) is 0 Å². The van der Waals surface area contributed by atoms with Gasteiger partial charge < -0.3 is 5.32 Å². The number of rotatable bonds is 4. The van der Waals surface area contributed by atoms with Gasteiger partial charge >= 0.3 is 0 Å². The minimum absolute atomic E-state index is 0.215. The molecule has 7 heteroatoms. The maximum absolute atomic E-state index is 10.9. The molecule has 0 fully saturated rings. The third-order valence-electron chi connectivity index (χ3n) is 1.49. The lowest BCUT2D eigenvalue weighted by Gasteiger charge is -2.07. The Bertz CT molecular complexity index is 473. The normalized spacial score (nSPS) is 10.8. The van der Waals surface area contributed by atoms with Crippen LogP contribution in [0.5, 0.6) is 0 Å². The fourth-order valence-corrected chi connectivity index (χ4v) is 1.82. The van der Waals surface area contributed by atoms with Crippen molar-refractivity contribution >= 4 is 39.4 Å². The van der Waals surface area contributed by atoms with Gasteiger partial charge in [-0.1, -0.05) is 11.6 Å². The molecule has 0 spiro atoms. The molecule has 0 aliphatic carbocycles. The second-order valence-electron chi connectivity index (χ2n) is 2.83. The molecule has 0 saturated heterocycles. The minimum Gasteiger partial charge on any atom is -0.329 e. The van der Waals surface area contributed by atoms with Gasteiger partial charge in [-0.05, 0) is 18.2 Å². The maximum Gasteiger partial charge on any atom is 0.229 e. The Morgan fingerprint density at radius 1 is 1.40 bits per heavy atom. The smallest absolute Gasteiger partial charge is 0.229 e. The van der Waals surface area contributed by atoms with E-state index in [-0.39, 0.29) is 10.7 Å². The molecular weight excluding hydrogens is 240 g/mol. The van der Waals surface area contributed by atoms with Crippen LogP contribution in [-0.2, 0) is 14.8 Å². The summed E-state index contributed by atoms with van der Waals surface area (Å²) in [6.07, 6.45) is 1.54. The lowest BCUT2D eigenvalue weighted by molar-refractivity contribution is -0.105. The number of carbonyl (C=O) groups excluding carboxylic acids is 1. The second-order valence-corrected chi connectivity index (χ2v) is 4.99. The summed E-state index contributed by atoms with van der Waals surface area (Å²) in [6, 6.07) is 4.45. The highest BCUT2D eigenvalue weighted by Gasteiger charge is 2.06. The molecule has 0 atom stereocenters. The molecule has 5 nitrogen and oxygen atoms in total. The maximum atomic E-state index is 10.9. The summed E-state index contributed by atoms with van der Waals surface area (Å²) in [5.74, 6) is 0. The number of nitrogens with one attached hydrogen (secondary N) is 2. The van der Waals surface area contributed by atoms with Gasteiger partial charge in [0.25, 0.3) is 0 Å². The molecule has 1 aromatic carbocycles. The molecule has 0 unspecified atom stereocenters. The van der Waals surface area contributed by atoms with Crippen molar-refractivity contribution in [2.45, 2.75) is 0 Å². The van der Waals surface area contributed by atoms with Crippen molar-refractivity contribution in [2.75, 3.05) is 16.3 Å². The molecule has 1 amide bonds. The van der Waals surface area contributed by atoms with E-state index in [0.29, 0.717) is 12.1 Å². The van der Waals surface area contributed by atoms with E-state index in [2.05, 4.69) is 10.0 Å². The first kappa shape index (κ1) is 11.8. The summed E-state index contributed by atoms with van der Waals surface area (Å²) in [4.78, 5) is 10.1. The first-order chi connectivity index (χ1) is 6.92. The van der Waals surface area contributed by atoms with E-state index < -0.39 is 10.0 Å². The van der Waals surface area contributed by atoms with Crippen LogP contribution in [0.4, 0.5) is 11.4 Å². The molecule has 1 rings (SSSR count). The van der Waals surface area contributed by atoms with E-state index in [4.69, 9.17) is 11.6 Å². The van der Waals surface area contributed by atoms with Gasteiger partial charge in [0.05, 0.1) is 17.0 Å². The van der Waals surface area contributed by atoms with Crippen LogP contribution < -0.4 is 10.0 Å². The predicted octanol–water partition coefficient (Wildman–Crippen LogP) is 1.28. The minimum atomic E-state index is -3.35. The lowest BCUT2D eigenvalue weighted by atomic mass is 10.3. The highest BCUT2D eigenvalue weighted by molar-refractivity contribution is 7.92. The van der Waals surface area contributed by atoms with Crippen LogP contribution in [-0.4, -0.2) is 21.1 Å². The van der Waals surface area contributed by atoms with E-state index in [9.17, 15) is 13.2 Å². The summed E-state index contributed by atoms with van der Waals surface area (Å²) >= 11 is 5.79. The quantitative estimate of drug-likeness (QED) is 0.789. The van der Waals surface area contributed by atoms with Crippen LogP contribution in [0.15, 0.2) is 18.2 Å². The van der Waals surface area contributed by atoms with E-state index in [1.165, 1.54) is 18.2 Å². The molecule has 2 N–H and O–H groups in total. The zero-order chi connectivity index (χ0) is 11.5. The number of anilines is 2. The largest absolute Gasteiger partial charge is 0.329 e. The van der Waals surface area contributed by atoms with Crippen molar-refractivity contribution < 1.29 is 13.2 Å². The van der Waals surface area contributed by atoms with E-state index in [1.807, 2.05) is 0 Å². The van der Waals surface area contributed by atoms with Gasteiger partial charge in [-0.3, -0.25) is 9.52 Å². The zero-order valence-corrected chi connectivity index (χ0v) is 9.39. The average Bonchev–Trinajstić information content (AvgIpc) is 2.08. The molecule has 0 heterocycles. The van der Waals surface area contributed by atoms with Gasteiger partial charge in [0, 0.05) is 5.69 Å². The van der Waals surface area contributed by atoms with E-state index >= 15 is 0 Å². The Hall–Kier alpha value is -1.27. The molecule has 0 aliphatic rings. The average molecular weight is 249 g/mol. The van der Waals surface area contributed by atoms with Crippen molar-refractivity contribution in [1.82, 2.24) is 0 Å². The van der Waals surface area contributed by atoms with E-state index in [0.717, 1.165) is 6.26 Å². The van der Waals surface area contributed by atoms with Crippen molar-refractivity contribution in [3.63, 3.8) is 0 Å². The highest BCUT2D eigenvalue weighted by Crippen LogP contribution is 2.25. The number of sulfonamides is 1. The zero-order valence-electron chi connectivity index (χ0n) is 7.82. The van der Waals surface area contributed by atoms with Crippen molar-refractivity contribution in [1.29, 1.82) is 0 Å². The van der Waals surface area contributed by atoms with Crippen molar-refractivity contribution in [2.24, 2.45) is 0 Å². The summed E-state index contributed by atoms with van der Waals surface area (Å²) in [5.41, 5.74) is 0.768. The topological polar surface area (TPSA) is 75.3 Å². The number of amides is 1. The monoisotopic (exact) mass is 248 g/mol. The molecule has 82 valence electrons. The van der Waals surface area contributed by atoms with Crippen LogP contribution in [0.2, 0.25) is 5.02 Å². The van der Waals surface area contributed by atoms with Crippen LogP contribution in [0.1, 0.15) is 0 Å². The molecule has 0 radical (unpaired) electrons. The Labute approximate surface area is 92.5 Å². The van der Waals surface area contributed by atoms with Gasteiger partial charge in [0.2, 0.25) is 16.4 Å². The van der Waals surface area contributed by atoms with Crippen molar-refractivity contribution in [3.8, 4) is 0 Å². The fourth-order valence-electron chi connectivity index (χ4n) is 0.955. The van der Waals surface area contributed by atoms with Gasteiger partial charge in [0.1, 0.15) is 0 Å². The first-order valence-electron chi connectivity index (χ1n) is 3.90. The SMILES string of the molecule is CS(=O)(=O)Nc1ccc(NC=O)cc1Cl. The molecule has 15 heavy (non-hydrogen) atoms. The summed E-state index contributed by atoms with van der Waals surface area (Å²) < 4.78 is 24.1. The van der Waals surface area contributed by atoms with Gasteiger partial charge in [-0.15, -0.1) is 0 Å². The Kier molecular flexibility index (Phi) is 3.54. The number of halogens is 1.